The summed E-state index contributed by atoms with van der Waals surface area (Å²) in [5.41, 5.74) is 2.71. The van der Waals surface area contributed by atoms with Crippen molar-refractivity contribution in [1.29, 1.82) is 0 Å². The molecule has 2 rings (SSSR count). The third-order valence-corrected chi connectivity index (χ3v) is 6.21. The van der Waals surface area contributed by atoms with Crippen LogP contribution in [-0.2, 0) is 0 Å². The second kappa shape index (κ2) is 6.33. The molecule has 0 fully saturated rings. The number of thiophene rings is 2. The van der Waals surface area contributed by atoms with Gasteiger partial charge in [0, 0.05) is 9.75 Å². The van der Waals surface area contributed by atoms with Crippen LogP contribution in [0, 0.1) is 13.8 Å². The van der Waals surface area contributed by atoms with E-state index in [1.807, 2.05) is 22.7 Å². The van der Waals surface area contributed by atoms with Gasteiger partial charge in [-0.1, -0.05) is 6.92 Å². The maximum Gasteiger partial charge on any atom is 0.0768 e. The highest BCUT2D eigenvalue weighted by Gasteiger charge is 2.19. The molecule has 0 amide bonds. The molecule has 0 saturated heterocycles. The van der Waals surface area contributed by atoms with Crippen LogP contribution in [0.5, 0.6) is 0 Å². The van der Waals surface area contributed by atoms with Gasteiger partial charge in [0.25, 0.3) is 0 Å². The first-order valence-electron chi connectivity index (χ1n) is 6.16. The molecule has 1 N–H and O–H groups in total. The van der Waals surface area contributed by atoms with Gasteiger partial charge in [0.15, 0.2) is 0 Å². The second-order valence-corrected chi connectivity index (χ2v) is 7.81. The highest BCUT2D eigenvalue weighted by Crippen LogP contribution is 2.37. The standard InChI is InChI=1S/C14H18BrNS2/c1-4-6-16-12(13-9(2)5-7-17-13)11-8-10(3)14(15)18-11/h5,7-8,12,16H,4,6H2,1-3H3. The zero-order valence-corrected chi connectivity index (χ0v) is 14.1. The summed E-state index contributed by atoms with van der Waals surface area (Å²) in [6.07, 6.45) is 1.16. The highest BCUT2D eigenvalue weighted by atomic mass is 79.9. The number of hydrogen-bond acceptors (Lipinski definition) is 3. The van der Waals surface area contributed by atoms with E-state index < -0.39 is 0 Å². The fraction of sp³-hybridized carbons (Fsp3) is 0.429. The molecule has 0 aliphatic rings. The Kier molecular flexibility index (Phi) is 5.01. The predicted molar refractivity (Wildman–Crippen MR) is 85.9 cm³/mol. The normalized spacial score (nSPS) is 12.9. The lowest BCUT2D eigenvalue weighted by molar-refractivity contribution is 0.611. The molecule has 0 aliphatic carbocycles. The maximum atomic E-state index is 3.67. The smallest absolute Gasteiger partial charge is 0.0768 e. The van der Waals surface area contributed by atoms with Crippen molar-refractivity contribution in [3.8, 4) is 0 Å². The SMILES string of the molecule is CCCNC(c1cc(C)c(Br)s1)c1sccc1C. The summed E-state index contributed by atoms with van der Waals surface area (Å²) in [5.74, 6) is 0. The molecule has 0 saturated carbocycles. The summed E-state index contributed by atoms with van der Waals surface area (Å²) in [7, 11) is 0. The van der Waals surface area contributed by atoms with Crippen LogP contribution in [0.15, 0.2) is 21.3 Å². The van der Waals surface area contributed by atoms with Crippen LogP contribution in [0.1, 0.15) is 40.3 Å². The van der Waals surface area contributed by atoms with Gasteiger partial charge in [0.05, 0.1) is 9.83 Å². The summed E-state index contributed by atoms with van der Waals surface area (Å²) >= 11 is 7.32. The minimum atomic E-state index is 0.347. The molecule has 0 aliphatic heterocycles. The Bertz CT molecular complexity index is 496. The van der Waals surface area contributed by atoms with E-state index in [1.54, 1.807) is 0 Å². The van der Waals surface area contributed by atoms with E-state index in [0.29, 0.717) is 6.04 Å². The van der Waals surface area contributed by atoms with E-state index in [-0.39, 0.29) is 0 Å². The topological polar surface area (TPSA) is 12.0 Å². The molecule has 1 atom stereocenters. The van der Waals surface area contributed by atoms with Crippen LogP contribution in [0.25, 0.3) is 0 Å². The molecule has 1 unspecified atom stereocenters. The van der Waals surface area contributed by atoms with E-state index in [2.05, 4.69) is 59.5 Å². The van der Waals surface area contributed by atoms with Crippen molar-refractivity contribution in [2.75, 3.05) is 6.54 Å². The Morgan fingerprint density at radius 2 is 2.11 bits per heavy atom. The Morgan fingerprint density at radius 3 is 2.61 bits per heavy atom. The molecule has 0 bridgehead atoms. The lowest BCUT2D eigenvalue weighted by atomic mass is 10.1. The molecule has 0 spiro atoms. The van der Waals surface area contributed by atoms with E-state index in [4.69, 9.17) is 0 Å². The molecule has 18 heavy (non-hydrogen) atoms. The van der Waals surface area contributed by atoms with Crippen LogP contribution in [0.4, 0.5) is 0 Å². The van der Waals surface area contributed by atoms with Crippen molar-refractivity contribution in [3.05, 3.63) is 42.2 Å². The van der Waals surface area contributed by atoms with Crippen molar-refractivity contribution < 1.29 is 0 Å². The molecule has 2 heterocycles. The lowest BCUT2D eigenvalue weighted by Gasteiger charge is -2.16. The summed E-state index contributed by atoms with van der Waals surface area (Å²) < 4.78 is 1.25. The molecule has 4 heteroatoms. The van der Waals surface area contributed by atoms with Gasteiger partial charge in [-0.15, -0.1) is 22.7 Å². The molecule has 0 radical (unpaired) electrons. The highest BCUT2D eigenvalue weighted by molar-refractivity contribution is 9.11. The van der Waals surface area contributed by atoms with Crippen LogP contribution in [-0.4, -0.2) is 6.54 Å². The average molecular weight is 344 g/mol. The number of rotatable bonds is 5. The van der Waals surface area contributed by atoms with Gasteiger partial charge in [0.2, 0.25) is 0 Å². The fourth-order valence-electron chi connectivity index (χ4n) is 1.92. The number of halogens is 1. The van der Waals surface area contributed by atoms with Gasteiger partial charge in [-0.25, -0.2) is 0 Å². The molecular formula is C14H18BrNS2. The minimum Gasteiger partial charge on any atom is -0.305 e. The van der Waals surface area contributed by atoms with Gasteiger partial charge < -0.3 is 5.32 Å². The minimum absolute atomic E-state index is 0.347. The summed E-state index contributed by atoms with van der Waals surface area (Å²) in [6, 6.07) is 4.84. The maximum absolute atomic E-state index is 3.67. The van der Waals surface area contributed by atoms with Crippen LogP contribution >= 0.6 is 38.6 Å². The van der Waals surface area contributed by atoms with Crippen molar-refractivity contribution in [2.24, 2.45) is 0 Å². The summed E-state index contributed by atoms with van der Waals surface area (Å²) in [4.78, 5) is 2.84. The first kappa shape index (κ1) is 14.3. The van der Waals surface area contributed by atoms with Crippen LogP contribution in [0.3, 0.4) is 0 Å². The van der Waals surface area contributed by atoms with Gasteiger partial charge in [-0.2, -0.15) is 0 Å². The first-order chi connectivity index (χ1) is 8.63. The first-order valence-corrected chi connectivity index (χ1v) is 8.65. The molecule has 98 valence electrons. The molecule has 1 nitrogen and oxygen atoms in total. The zero-order valence-electron chi connectivity index (χ0n) is 10.9. The van der Waals surface area contributed by atoms with E-state index >= 15 is 0 Å². The molecular weight excluding hydrogens is 326 g/mol. The van der Waals surface area contributed by atoms with Crippen LogP contribution < -0.4 is 5.32 Å². The largest absolute Gasteiger partial charge is 0.305 e. The van der Waals surface area contributed by atoms with Crippen molar-refractivity contribution in [2.45, 2.75) is 33.2 Å². The van der Waals surface area contributed by atoms with Gasteiger partial charge in [0.1, 0.15) is 0 Å². The zero-order chi connectivity index (χ0) is 13.1. The van der Waals surface area contributed by atoms with E-state index in [0.717, 1.165) is 13.0 Å². The number of hydrogen-bond donors (Lipinski definition) is 1. The molecule has 2 aromatic rings. The number of aryl methyl sites for hydroxylation is 2. The molecule has 2 aromatic heterocycles. The predicted octanol–water partition coefficient (Wildman–Crippen LogP) is 5.28. The lowest BCUT2D eigenvalue weighted by Crippen LogP contribution is -2.22. The second-order valence-electron chi connectivity index (χ2n) is 4.46. The Morgan fingerprint density at radius 1 is 1.33 bits per heavy atom. The van der Waals surface area contributed by atoms with Gasteiger partial charge in [-0.05, 0) is 71.4 Å². The Hall–Kier alpha value is -0.160. The van der Waals surface area contributed by atoms with E-state index in [1.165, 1.54) is 24.7 Å². The quantitative estimate of drug-likeness (QED) is 0.778. The third-order valence-electron chi connectivity index (χ3n) is 2.92. The van der Waals surface area contributed by atoms with E-state index in [9.17, 15) is 0 Å². The Balaban J connectivity index is 2.33. The van der Waals surface area contributed by atoms with Crippen LogP contribution in [0.2, 0.25) is 0 Å². The Labute approximate surface area is 125 Å². The van der Waals surface area contributed by atoms with Crippen molar-refractivity contribution in [1.82, 2.24) is 5.32 Å². The van der Waals surface area contributed by atoms with Gasteiger partial charge in [-0.3, -0.25) is 0 Å². The average Bonchev–Trinajstić information content (AvgIpc) is 2.88. The summed E-state index contributed by atoms with van der Waals surface area (Å²) in [6.45, 7) is 7.61. The summed E-state index contributed by atoms with van der Waals surface area (Å²) in [5, 5.41) is 5.85. The monoisotopic (exact) mass is 343 g/mol. The fourth-order valence-corrected chi connectivity index (χ4v) is 4.67. The molecule has 0 aromatic carbocycles. The van der Waals surface area contributed by atoms with Crippen molar-refractivity contribution in [3.63, 3.8) is 0 Å². The van der Waals surface area contributed by atoms with Crippen molar-refractivity contribution >= 4 is 38.6 Å². The third kappa shape index (κ3) is 3.05. The van der Waals surface area contributed by atoms with Gasteiger partial charge >= 0.3 is 0 Å². The number of nitrogens with one attached hydrogen (secondary N) is 1.